The zero-order valence-electron chi connectivity index (χ0n) is 10.2. The standard InChI is InChI=1S/C12H15N3O2S/c1-3-10(18)7-4-5-8-9(6-7)14-11(13-8)15-12(16)17-2/h4-6,10,18H,3H2,1-2H3,(H2,13,14,15,16). The molecule has 1 heterocycles. The highest BCUT2D eigenvalue weighted by molar-refractivity contribution is 7.80. The van der Waals surface area contributed by atoms with Gasteiger partial charge in [-0.1, -0.05) is 13.0 Å². The zero-order valence-corrected chi connectivity index (χ0v) is 11.1. The van der Waals surface area contributed by atoms with Crippen LogP contribution in [0, 0.1) is 0 Å². The lowest BCUT2D eigenvalue weighted by atomic mass is 10.1. The Bertz CT molecular complexity index is 567. The summed E-state index contributed by atoms with van der Waals surface area (Å²) < 4.78 is 4.51. The number of amides is 1. The smallest absolute Gasteiger partial charge is 0.413 e. The van der Waals surface area contributed by atoms with E-state index in [1.54, 1.807) is 0 Å². The van der Waals surface area contributed by atoms with Gasteiger partial charge < -0.3 is 9.72 Å². The van der Waals surface area contributed by atoms with Crippen LogP contribution in [0.1, 0.15) is 24.2 Å². The van der Waals surface area contributed by atoms with Crippen molar-refractivity contribution < 1.29 is 9.53 Å². The number of ether oxygens (including phenoxy) is 1. The zero-order chi connectivity index (χ0) is 13.1. The van der Waals surface area contributed by atoms with Crippen LogP contribution in [0.15, 0.2) is 18.2 Å². The molecule has 0 fully saturated rings. The maximum Gasteiger partial charge on any atom is 0.413 e. The van der Waals surface area contributed by atoms with E-state index in [2.05, 4.69) is 39.6 Å². The van der Waals surface area contributed by atoms with Crippen LogP contribution < -0.4 is 5.32 Å². The number of H-pyrrole nitrogens is 1. The quantitative estimate of drug-likeness (QED) is 0.747. The van der Waals surface area contributed by atoms with Crippen LogP contribution in [-0.4, -0.2) is 23.2 Å². The van der Waals surface area contributed by atoms with Crippen molar-refractivity contribution in [1.82, 2.24) is 9.97 Å². The van der Waals surface area contributed by atoms with Crippen LogP contribution in [0.3, 0.4) is 0 Å². The Balaban J connectivity index is 2.30. The highest BCUT2D eigenvalue weighted by atomic mass is 32.1. The first-order valence-corrected chi connectivity index (χ1v) is 6.18. The summed E-state index contributed by atoms with van der Waals surface area (Å²) in [6.45, 7) is 2.08. The van der Waals surface area contributed by atoms with Gasteiger partial charge in [0.2, 0.25) is 5.95 Å². The molecule has 0 saturated heterocycles. The van der Waals surface area contributed by atoms with Gasteiger partial charge in [0.05, 0.1) is 18.1 Å². The molecule has 18 heavy (non-hydrogen) atoms. The molecule has 2 aromatic rings. The summed E-state index contributed by atoms with van der Waals surface area (Å²) in [6.07, 6.45) is 0.408. The van der Waals surface area contributed by atoms with Gasteiger partial charge in [0.1, 0.15) is 0 Å². The minimum atomic E-state index is -0.546. The van der Waals surface area contributed by atoms with Crippen molar-refractivity contribution in [2.24, 2.45) is 0 Å². The summed E-state index contributed by atoms with van der Waals surface area (Å²) in [5.41, 5.74) is 2.79. The molecule has 5 nitrogen and oxygen atoms in total. The van der Waals surface area contributed by atoms with Crippen LogP contribution >= 0.6 is 12.6 Å². The number of benzene rings is 1. The number of anilines is 1. The molecule has 6 heteroatoms. The highest BCUT2D eigenvalue weighted by Gasteiger charge is 2.09. The molecule has 1 amide bonds. The number of carbonyl (C=O) groups excluding carboxylic acids is 1. The van der Waals surface area contributed by atoms with Crippen LogP contribution in [-0.2, 0) is 4.74 Å². The van der Waals surface area contributed by atoms with Gasteiger partial charge in [0.15, 0.2) is 0 Å². The van der Waals surface area contributed by atoms with Crippen LogP contribution in [0.4, 0.5) is 10.7 Å². The Morgan fingerprint density at radius 2 is 2.39 bits per heavy atom. The van der Waals surface area contributed by atoms with E-state index in [-0.39, 0.29) is 5.25 Å². The summed E-state index contributed by atoms with van der Waals surface area (Å²) in [5, 5.41) is 2.70. The number of aromatic nitrogens is 2. The summed E-state index contributed by atoms with van der Waals surface area (Å²) in [6, 6.07) is 5.89. The molecule has 0 aliphatic rings. The average molecular weight is 265 g/mol. The number of aromatic amines is 1. The second-order valence-corrected chi connectivity index (χ2v) is 4.53. The fraction of sp³-hybridized carbons (Fsp3) is 0.333. The Hall–Kier alpha value is -1.69. The van der Waals surface area contributed by atoms with E-state index < -0.39 is 6.09 Å². The second kappa shape index (κ2) is 5.30. The number of imidazole rings is 1. The molecule has 0 spiro atoms. The van der Waals surface area contributed by atoms with Crippen molar-refractivity contribution in [3.05, 3.63) is 23.8 Å². The van der Waals surface area contributed by atoms with Crippen molar-refractivity contribution in [3.63, 3.8) is 0 Å². The number of hydrogen-bond acceptors (Lipinski definition) is 4. The fourth-order valence-corrected chi connectivity index (χ4v) is 1.84. The van der Waals surface area contributed by atoms with Gasteiger partial charge in [0, 0.05) is 5.25 Å². The van der Waals surface area contributed by atoms with Crippen molar-refractivity contribution >= 4 is 35.7 Å². The molecule has 1 atom stereocenters. The Kier molecular flexibility index (Phi) is 3.76. The molecular formula is C12H15N3O2S. The van der Waals surface area contributed by atoms with Gasteiger partial charge in [0.25, 0.3) is 0 Å². The Morgan fingerprint density at radius 1 is 1.61 bits per heavy atom. The maximum atomic E-state index is 11.1. The third-order valence-corrected chi connectivity index (χ3v) is 3.35. The van der Waals surface area contributed by atoms with Crippen LogP contribution in [0.2, 0.25) is 0 Å². The molecule has 1 aromatic carbocycles. The minimum absolute atomic E-state index is 0.203. The minimum Gasteiger partial charge on any atom is -0.453 e. The summed E-state index contributed by atoms with van der Waals surface area (Å²) in [5.74, 6) is 0.376. The van der Waals surface area contributed by atoms with E-state index in [9.17, 15) is 4.79 Å². The van der Waals surface area contributed by atoms with Gasteiger partial charge >= 0.3 is 6.09 Å². The van der Waals surface area contributed by atoms with Crippen LogP contribution in [0.25, 0.3) is 11.0 Å². The van der Waals surface area contributed by atoms with E-state index in [0.717, 1.165) is 23.0 Å². The second-order valence-electron chi connectivity index (χ2n) is 3.90. The molecule has 0 saturated carbocycles. The number of carbonyl (C=O) groups is 1. The molecule has 0 bridgehead atoms. The number of nitrogens with zero attached hydrogens (tertiary/aromatic N) is 1. The van der Waals surface area contributed by atoms with Gasteiger partial charge in [-0.15, -0.1) is 0 Å². The number of hydrogen-bond donors (Lipinski definition) is 3. The first kappa shape index (κ1) is 12.8. The van der Waals surface area contributed by atoms with E-state index >= 15 is 0 Å². The average Bonchev–Trinajstić information content (AvgIpc) is 2.78. The molecule has 1 aromatic heterocycles. The largest absolute Gasteiger partial charge is 0.453 e. The Labute approximate surface area is 110 Å². The molecular weight excluding hydrogens is 250 g/mol. The SMILES string of the molecule is CCC(S)c1ccc2nc(NC(=O)OC)[nH]c2c1. The maximum absolute atomic E-state index is 11.1. The predicted molar refractivity (Wildman–Crippen MR) is 74.1 cm³/mol. The van der Waals surface area contributed by atoms with Crippen molar-refractivity contribution in [2.45, 2.75) is 18.6 Å². The Morgan fingerprint density at radius 3 is 3.06 bits per heavy atom. The van der Waals surface area contributed by atoms with Crippen molar-refractivity contribution in [1.29, 1.82) is 0 Å². The third kappa shape index (κ3) is 2.59. The van der Waals surface area contributed by atoms with E-state index in [1.165, 1.54) is 7.11 Å². The molecule has 96 valence electrons. The van der Waals surface area contributed by atoms with E-state index in [1.807, 2.05) is 18.2 Å². The summed E-state index contributed by atoms with van der Waals surface area (Å²) in [4.78, 5) is 18.3. The molecule has 0 aliphatic carbocycles. The van der Waals surface area contributed by atoms with Gasteiger partial charge in [-0.2, -0.15) is 12.6 Å². The summed E-state index contributed by atoms with van der Waals surface area (Å²) >= 11 is 4.50. The normalized spacial score (nSPS) is 12.4. The molecule has 2 N–H and O–H groups in total. The number of thiol groups is 1. The fourth-order valence-electron chi connectivity index (χ4n) is 1.68. The number of fused-ring (bicyclic) bond motifs is 1. The van der Waals surface area contributed by atoms with Gasteiger partial charge in [-0.05, 0) is 24.1 Å². The predicted octanol–water partition coefficient (Wildman–Crippen LogP) is 3.12. The molecule has 1 unspecified atom stereocenters. The first-order valence-electron chi connectivity index (χ1n) is 5.66. The molecule has 2 rings (SSSR count). The monoisotopic (exact) mass is 265 g/mol. The van der Waals surface area contributed by atoms with Gasteiger partial charge in [-0.3, -0.25) is 5.32 Å². The van der Waals surface area contributed by atoms with E-state index in [4.69, 9.17) is 0 Å². The van der Waals surface area contributed by atoms with E-state index in [0.29, 0.717) is 5.95 Å². The summed E-state index contributed by atoms with van der Waals surface area (Å²) in [7, 11) is 1.31. The first-order chi connectivity index (χ1) is 8.63. The van der Waals surface area contributed by atoms with Gasteiger partial charge in [-0.25, -0.2) is 9.78 Å². The lowest BCUT2D eigenvalue weighted by Crippen LogP contribution is -2.11. The number of methoxy groups -OCH3 is 1. The van der Waals surface area contributed by atoms with Crippen molar-refractivity contribution in [3.8, 4) is 0 Å². The molecule has 0 radical (unpaired) electrons. The third-order valence-electron chi connectivity index (χ3n) is 2.68. The lowest BCUT2D eigenvalue weighted by molar-refractivity contribution is 0.186. The van der Waals surface area contributed by atoms with Crippen LogP contribution in [0.5, 0.6) is 0 Å². The number of nitrogens with one attached hydrogen (secondary N) is 2. The molecule has 0 aliphatic heterocycles. The lowest BCUT2D eigenvalue weighted by Gasteiger charge is -2.06. The topological polar surface area (TPSA) is 67.0 Å². The highest BCUT2D eigenvalue weighted by Crippen LogP contribution is 2.26. The van der Waals surface area contributed by atoms with Crippen molar-refractivity contribution in [2.75, 3.05) is 12.4 Å². The number of rotatable bonds is 3.